The molecule has 0 saturated carbocycles. The molecule has 4 aromatic rings. The predicted octanol–water partition coefficient (Wildman–Crippen LogP) is 2.78. The fourth-order valence-electron chi connectivity index (χ4n) is 2.99. The number of aromatic nitrogens is 5. The van der Waals surface area contributed by atoms with Crippen molar-refractivity contribution < 1.29 is 9.47 Å². The van der Waals surface area contributed by atoms with Gasteiger partial charge in [-0.3, -0.25) is 0 Å². The number of benzene rings is 2. The van der Waals surface area contributed by atoms with Crippen molar-refractivity contribution in [3.63, 3.8) is 0 Å². The molecule has 0 saturated heterocycles. The van der Waals surface area contributed by atoms with Gasteiger partial charge in [-0.1, -0.05) is 18.2 Å². The average Bonchev–Trinajstić information content (AvgIpc) is 3.42. The van der Waals surface area contributed by atoms with Gasteiger partial charge in [0.25, 0.3) is 0 Å². The van der Waals surface area contributed by atoms with Gasteiger partial charge in [0, 0.05) is 17.3 Å². The Bertz CT molecular complexity index is 1120. The minimum atomic E-state index is 0.539. The van der Waals surface area contributed by atoms with Gasteiger partial charge in [0.2, 0.25) is 0 Å². The van der Waals surface area contributed by atoms with Crippen LogP contribution in [-0.4, -0.2) is 44.1 Å². The Morgan fingerprint density at radius 2 is 1.71 bits per heavy atom. The summed E-state index contributed by atoms with van der Waals surface area (Å²) in [7, 11) is 0. The maximum absolute atomic E-state index is 5.72. The summed E-state index contributed by atoms with van der Waals surface area (Å²) >= 11 is 0. The van der Waals surface area contributed by atoms with Crippen LogP contribution in [0.4, 0.5) is 0 Å². The Morgan fingerprint density at radius 1 is 0.929 bits per heavy atom. The second kappa shape index (κ2) is 6.99. The Morgan fingerprint density at radius 3 is 2.54 bits per heavy atom. The summed E-state index contributed by atoms with van der Waals surface area (Å²) in [6, 6.07) is 15.8. The van der Waals surface area contributed by atoms with Gasteiger partial charge >= 0.3 is 0 Å². The zero-order valence-electron chi connectivity index (χ0n) is 14.8. The molecule has 28 heavy (non-hydrogen) atoms. The molecule has 0 unspecified atom stereocenters. The highest BCUT2D eigenvalue weighted by Crippen LogP contribution is 2.35. The van der Waals surface area contributed by atoms with E-state index in [0.717, 1.165) is 34.0 Å². The number of fused-ring (bicyclic) bond motifs is 1. The van der Waals surface area contributed by atoms with E-state index >= 15 is 0 Å². The normalized spacial score (nSPS) is 13.1. The second-order valence-electron chi connectivity index (χ2n) is 6.16. The molecular formula is C20H16N6O2. The molecular weight excluding hydrogens is 356 g/mol. The van der Waals surface area contributed by atoms with Crippen LogP contribution in [0.2, 0.25) is 0 Å². The van der Waals surface area contributed by atoms with Gasteiger partial charge in [-0.05, 0) is 30.3 Å². The molecule has 0 atom stereocenters. The Kier molecular flexibility index (Phi) is 4.06. The van der Waals surface area contributed by atoms with Gasteiger partial charge in [0.15, 0.2) is 11.5 Å². The summed E-state index contributed by atoms with van der Waals surface area (Å²) < 4.78 is 14.7. The first-order valence-corrected chi connectivity index (χ1v) is 8.81. The second-order valence-corrected chi connectivity index (χ2v) is 6.16. The van der Waals surface area contributed by atoms with Crippen LogP contribution in [0.5, 0.6) is 11.5 Å². The lowest BCUT2D eigenvalue weighted by Crippen LogP contribution is -2.15. The molecule has 3 heterocycles. The van der Waals surface area contributed by atoms with Crippen LogP contribution >= 0.6 is 0 Å². The molecule has 0 radical (unpaired) electrons. The van der Waals surface area contributed by atoms with E-state index in [9.17, 15) is 0 Å². The highest BCUT2D eigenvalue weighted by molar-refractivity contribution is 5.89. The smallest absolute Gasteiger partial charge is 0.162 e. The van der Waals surface area contributed by atoms with E-state index in [2.05, 4.69) is 15.3 Å². The highest BCUT2D eigenvalue weighted by atomic mass is 16.6. The minimum absolute atomic E-state index is 0.539. The van der Waals surface area contributed by atoms with Crippen LogP contribution in [0.15, 0.2) is 72.5 Å². The largest absolute Gasteiger partial charge is 0.486 e. The Labute approximate surface area is 160 Å². The number of para-hydroxylation sites is 1. The van der Waals surface area contributed by atoms with Crippen molar-refractivity contribution in [2.24, 2.45) is 5.10 Å². The van der Waals surface area contributed by atoms with Crippen molar-refractivity contribution in [1.82, 2.24) is 24.7 Å². The van der Waals surface area contributed by atoms with E-state index in [4.69, 9.17) is 14.6 Å². The minimum Gasteiger partial charge on any atom is -0.486 e. The summed E-state index contributed by atoms with van der Waals surface area (Å²) in [5, 5.41) is 16.7. The van der Waals surface area contributed by atoms with E-state index in [1.807, 2.05) is 59.4 Å². The summed E-state index contributed by atoms with van der Waals surface area (Å²) in [6.45, 7) is 1.10. The maximum Gasteiger partial charge on any atom is 0.162 e. The van der Waals surface area contributed by atoms with Crippen molar-refractivity contribution in [1.29, 1.82) is 0 Å². The van der Waals surface area contributed by atoms with E-state index in [1.165, 1.54) is 17.3 Å². The first kappa shape index (κ1) is 16.2. The van der Waals surface area contributed by atoms with E-state index in [1.54, 1.807) is 6.21 Å². The molecule has 2 aromatic heterocycles. The van der Waals surface area contributed by atoms with Crippen molar-refractivity contribution in [2.75, 3.05) is 13.2 Å². The predicted molar refractivity (Wildman–Crippen MR) is 103 cm³/mol. The summed E-state index contributed by atoms with van der Waals surface area (Å²) in [5.41, 5.74) is 3.53. The Balaban J connectivity index is 1.60. The van der Waals surface area contributed by atoms with E-state index in [0.29, 0.717) is 13.2 Å². The van der Waals surface area contributed by atoms with Crippen LogP contribution in [0.25, 0.3) is 16.9 Å². The topological polar surface area (TPSA) is 79.4 Å². The van der Waals surface area contributed by atoms with Crippen LogP contribution in [0, 0.1) is 0 Å². The molecule has 8 heteroatoms. The third kappa shape index (κ3) is 3.11. The molecule has 0 bridgehead atoms. The number of hydrogen-bond acceptors (Lipinski definition) is 6. The first-order chi connectivity index (χ1) is 13.9. The van der Waals surface area contributed by atoms with Crippen LogP contribution < -0.4 is 9.47 Å². The number of hydrogen-bond donors (Lipinski definition) is 0. The molecule has 1 aliphatic rings. The van der Waals surface area contributed by atoms with Gasteiger partial charge in [-0.2, -0.15) is 10.2 Å². The van der Waals surface area contributed by atoms with Gasteiger partial charge in [-0.25, -0.2) is 9.36 Å². The molecule has 1 aliphatic heterocycles. The van der Waals surface area contributed by atoms with Gasteiger partial charge in [-0.15, -0.1) is 10.2 Å². The highest BCUT2D eigenvalue weighted by Gasteiger charge is 2.16. The third-order valence-corrected chi connectivity index (χ3v) is 4.32. The average molecular weight is 372 g/mol. The molecule has 5 rings (SSSR count). The zero-order valence-corrected chi connectivity index (χ0v) is 14.8. The zero-order chi connectivity index (χ0) is 18.8. The fraction of sp³-hybridized carbons (Fsp3) is 0.100. The number of nitrogens with zero attached hydrogens (tertiary/aromatic N) is 6. The fourth-order valence-corrected chi connectivity index (χ4v) is 2.99. The summed E-state index contributed by atoms with van der Waals surface area (Å²) in [6.07, 6.45) is 6.74. The lowest BCUT2D eigenvalue weighted by atomic mass is 10.1. The van der Waals surface area contributed by atoms with Crippen molar-refractivity contribution >= 4 is 6.21 Å². The summed E-state index contributed by atoms with van der Waals surface area (Å²) in [4.78, 5) is 0. The molecule has 138 valence electrons. The lowest BCUT2D eigenvalue weighted by molar-refractivity contribution is 0.171. The van der Waals surface area contributed by atoms with Crippen LogP contribution in [0.1, 0.15) is 5.56 Å². The third-order valence-electron chi connectivity index (χ3n) is 4.32. The molecule has 0 N–H and O–H groups in total. The van der Waals surface area contributed by atoms with Gasteiger partial charge < -0.3 is 9.47 Å². The first-order valence-electron chi connectivity index (χ1n) is 8.81. The molecule has 0 fully saturated rings. The van der Waals surface area contributed by atoms with Crippen molar-refractivity contribution in [3.05, 3.63) is 72.9 Å². The van der Waals surface area contributed by atoms with Crippen LogP contribution in [-0.2, 0) is 0 Å². The molecule has 0 amide bonds. The number of rotatable bonds is 4. The summed E-state index contributed by atoms with van der Waals surface area (Å²) in [5.74, 6) is 1.47. The van der Waals surface area contributed by atoms with E-state index in [-0.39, 0.29) is 0 Å². The van der Waals surface area contributed by atoms with Crippen LogP contribution in [0.3, 0.4) is 0 Å². The molecule has 8 nitrogen and oxygen atoms in total. The monoisotopic (exact) mass is 372 g/mol. The van der Waals surface area contributed by atoms with E-state index < -0.39 is 0 Å². The molecule has 0 spiro atoms. The standard InChI is InChI=1S/C20H16N6O2/c1-2-4-17(5-3-1)26-12-16(11-23-25-13-21-22-14-25)20(24-26)15-6-7-18-19(10-15)28-9-8-27-18/h1-7,10-14H,8-9H2/b23-11-. The van der Waals surface area contributed by atoms with Gasteiger partial charge in [0.05, 0.1) is 11.9 Å². The molecule has 0 aliphatic carbocycles. The van der Waals surface area contributed by atoms with Crippen molar-refractivity contribution in [2.45, 2.75) is 0 Å². The quantitative estimate of drug-likeness (QED) is 0.515. The molecule has 2 aromatic carbocycles. The van der Waals surface area contributed by atoms with Gasteiger partial charge in [0.1, 0.15) is 31.6 Å². The maximum atomic E-state index is 5.72. The SMILES string of the molecule is C(=N/n1cnnc1)/c1cn(-c2ccccc2)nc1-c1ccc2c(c1)OCCO2. The lowest BCUT2D eigenvalue weighted by Gasteiger charge is -2.18. The van der Waals surface area contributed by atoms with Crippen molar-refractivity contribution in [3.8, 4) is 28.4 Å². The number of ether oxygens (including phenoxy) is 2. The Hall–Kier alpha value is -3.94.